The topological polar surface area (TPSA) is 55.2 Å². The normalized spacial score (nSPS) is 12.3. The fourth-order valence-electron chi connectivity index (χ4n) is 1.27. The zero-order valence-corrected chi connectivity index (χ0v) is 11.6. The van der Waals surface area contributed by atoms with E-state index < -0.39 is 6.10 Å². The Morgan fingerprint density at radius 3 is 2.83 bits per heavy atom. The lowest BCUT2D eigenvalue weighted by molar-refractivity contribution is 0.126. The Kier molecular flexibility index (Phi) is 4.98. The second-order valence-corrected chi connectivity index (χ2v) is 5.89. The van der Waals surface area contributed by atoms with Crippen molar-refractivity contribution in [3.63, 3.8) is 0 Å². The molecule has 0 bridgehead atoms. The van der Waals surface area contributed by atoms with Crippen LogP contribution in [-0.2, 0) is 0 Å². The first kappa shape index (κ1) is 13.3. The van der Waals surface area contributed by atoms with Gasteiger partial charge in [-0.15, -0.1) is 10.2 Å². The minimum absolute atomic E-state index is 0.287. The van der Waals surface area contributed by atoms with Crippen LogP contribution in [0.15, 0.2) is 34.1 Å². The second kappa shape index (κ2) is 6.72. The lowest BCUT2D eigenvalue weighted by Crippen LogP contribution is -2.20. The predicted molar refractivity (Wildman–Crippen MR) is 73.3 cm³/mol. The molecule has 0 saturated carbocycles. The highest BCUT2D eigenvalue weighted by Crippen LogP contribution is 2.20. The Labute approximate surface area is 114 Å². The summed E-state index contributed by atoms with van der Waals surface area (Å²) in [4.78, 5) is 0. The van der Waals surface area contributed by atoms with Crippen molar-refractivity contribution in [3.8, 4) is 5.75 Å². The molecular weight excluding hydrogens is 268 g/mol. The van der Waals surface area contributed by atoms with Crippen LogP contribution in [0.3, 0.4) is 0 Å². The Hall–Kier alpha value is -1.11. The average molecular weight is 282 g/mol. The van der Waals surface area contributed by atoms with Crippen molar-refractivity contribution in [2.24, 2.45) is 0 Å². The second-order valence-electron chi connectivity index (χ2n) is 3.79. The SMILES string of the molecule is Cc1ccc(OCC(O)CSc2nncs2)cc1. The Morgan fingerprint density at radius 1 is 1.39 bits per heavy atom. The molecule has 0 aliphatic heterocycles. The van der Waals surface area contributed by atoms with Gasteiger partial charge in [-0.2, -0.15) is 0 Å². The van der Waals surface area contributed by atoms with E-state index in [9.17, 15) is 5.11 Å². The van der Waals surface area contributed by atoms with Crippen molar-refractivity contribution in [2.45, 2.75) is 17.4 Å². The van der Waals surface area contributed by atoms with Gasteiger partial charge in [0.05, 0.1) is 6.10 Å². The van der Waals surface area contributed by atoms with Crippen LogP contribution in [0.1, 0.15) is 5.56 Å². The maximum absolute atomic E-state index is 9.77. The smallest absolute Gasteiger partial charge is 0.174 e. The highest BCUT2D eigenvalue weighted by molar-refractivity contribution is 8.01. The number of hydrogen-bond acceptors (Lipinski definition) is 6. The molecule has 1 heterocycles. The van der Waals surface area contributed by atoms with Crippen molar-refractivity contribution in [1.29, 1.82) is 0 Å². The highest BCUT2D eigenvalue weighted by atomic mass is 32.2. The molecule has 6 heteroatoms. The molecule has 0 spiro atoms. The zero-order chi connectivity index (χ0) is 12.8. The molecule has 2 rings (SSSR count). The lowest BCUT2D eigenvalue weighted by atomic mass is 10.2. The van der Waals surface area contributed by atoms with E-state index in [0.717, 1.165) is 10.1 Å². The van der Waals surface area contributed by atoms with E-state index in [1.165, 1.54) is 28.7 Å². The van der Waals surface area contributed by atoms with Crippen LogP contribution < -0.4 is 4.74 Å². The molecule has 1 aromatic carbocycles. The summed E-state index contributed by atoms with van der Waals surface area (Å²) < 4.78 is 6.36. The molecular formula is C12H14N2O2S2. The van der Waals surface area contributed by atoms with Gasteiger partial charge in [-0.3, -0.25) is 0 Å². The van der Waals surface area contributed by atoms with Crippen LogP contribution in [0, 0.1) is 6.92 Å². The van der Waals surface area contributed by atoms with Gasteiger partial charge in [0.15, 0.2) is 4.34 Å². The maximum atomic E-state index is 9.77. The van der Waals surface area contributed by atoms with Crippen molar-refractivity contribution in [2.75, 3.05) is 12.4 Å². The van der Waals surface area contributed by atoms with Gasteiger partial charge in [0.1, 0.15) is 17.9 Å². The molecule has 18 heavy (non-hydrogen) atoms. The predicted octanol–water partition coefficient (Wildman–Crippen LogP) is 2.38. The molecule has 0 fully saturated rings. The van der Waals surface area contributed by atoms with Crippen molar-refractivity contribution >= 4 is 23.1 Å². The van der Waals surface area contributed by atoms with Gasteiger partial charge in [0.25, 0.3) is 0 Å². The average Bonchev–Trinajstić information content (AvgIpc) is 2.89. The standard InChI is InChI=1S/C12H14N2O2S2/c1-9-2-4-11(5-3-9)16-6-10(15)7-17-12-14-13-8-18-12/h2-5,8,10,15H,6-7H2,1H3. The molecule has 96 valence electrons. The summed E-state index contributed by atoms with van der Waals surface area (Å²) in [5.74, 6) is 1.33. The van der Waals surface area contributed by atoms with E-state index in [0.29, 0.717) is 5.75 Å². The Balaban J connectivity index is 1.71. The van der Waals surface area contributed by atoms with Crippen LogP contribution in [-0.4, -0.2) is 33.8 Å². The number of aryl methyl sites for hydroxylation is 1. The number of aromatic nitrogens is 2. The van der Waals surface area contributed by atoms with Gasteiger partial charge < -0.3 is 9.84 Å². The number of thioether (sulfide) groups is 1. The van der Waals surface area contributed by atoms with Gasteiger partial charge in [0.2, 0.25) is 0 Å². The Morgan fingerprint density at radius 2 is 2.17 bits per heavy atom. The van der Waals surface area contributed by atoms with Gasteiger partial charge >= 0.3 is 0 Å². The van der Waals surface area contributed by atoms with Crippen LogP contribution in [0.4, 0.5) is 0 Å². The molecule has 1 atom stereocenters. The number of rotatable bonds is 6. The molecule has 1 aromatic heterocycles. The minimum Gasteiger partial charge on any atom is -0.491 e. The van der Waals surface area contributed by atoms with Crippen molar-refractivity contribution in [1.82, 2.24) is 10.2 Å². The monoisotopic (exact) mass is 282 g/mol. The first-order valence-corrected chi connectivity index (χ1v) is 7.37. The third-order valence-electron chi connectivity index (χ3n) is 2.20. The van der Waals surface area contributed by atoms with Crippen LogP contribution in [0.5, 0.6) is 5.75 Å². The van der Waals surface area contributed by atoms with Crippen molar-refractivity contribution < 1.29 is 9.84 Å². The van der Waals surface area contributed by atoms with Gasteiger partial charge in [-0.25, -0.2) is 0 Å². The fraction of sp³-hybridized carbons (Fsp3) is 0.333. The van der Waals surface area contributed by atoms with E-state index >= 15 is 0 Å². The molecule has 1 N–H and O–H groups in total. The summed E-state index contributed by atoms with van der Waals surface area (Å²) in [5.41, 5.74) is 2.87. The minimum atomic E-state index is -0.514. The van der Waals surface area contributed by atoms with Crippen LogP contribution >= 0.6 is 23.1 Å². The van der Waals surface area contributed by atoms with Gasteiger partial charge in [-0.05, 0) is 19.1 Å². The summed E-state index contributed by atoms with van der Waals surface area (Å²) in [6.07, 6.45) is -0.514. The van der Waals surface area contributed by atoms with E-state index in [2.05, 4.69) is 10.2 Å². The quantitative estimate of drug-likeness (QED) is 0.824. The third kappa shape index (κ3) is 4.29. The molecule has 0 radical (unpaired) electrons. The molecule has 4 nitrogen and oxygen atoms in total. The number of aliphatic hydroxyl groups excluding tert-OH is 1. The van der Waals surface area contributed by atoms with E-state index in [1.807, 2.05) is 31.2 Å². The number of nitrogens with zero attached hydrogens (tertiary/aromatic N) is 2. The van der Waals surface area contributed by atoms with Gasteiger partial charge in [-0.1, -0.05) is 40.8 Å². The number of ether oxygens (including phenoxy) is 1. The highest BCUT2D eigenvalue weighted by Gasteiger charge is 2.07. The summed E-state index contributed by atoms with van der Waals surface area (Å²) >= 11 is 2.96. The maximum Gasteiger partial charge on any atom is 0.174 e. The van der Waals surface area contributed by atoms with E-state index in [1.54, 1.807) is 5.51 Å². The van der Waals surface area contributed by atoms with E-state index in [-0.39, 0.29) is 6.61 Å². The number of hydrogen-bond donors (Lipinski definition) is 1. The van der Waals surface area contributed by atoms with Gasteiger partial charge in [0, 0.05) is 5.75 Å². The summed E-state index contributed by atoms with van der Waals surface area (Å²) in [6, 6.07) is 7.77. The van der Waals surface area contributed by atoms with E-state index in [4.69, 9.17) is 4.74 Å². The first-order valence-electron chi connectivity index (χ1n) is 5.50. The van der Waals surface area contributed by atoms with Crippen LogP contribution in [0.25, 0.3) is 0 Å². The summed E-state index contributed by atoms with van der Waals surface area (Å²) in [5, 5.41) is 17.4. The molecule has 1 unspecified atom stereocenters. The first-order chi connectivity index (χ1) is 8.74. The molecule has 2 aromatic rings. The van der Waals surface area contributed by atoms with Crippen molar-refractivity contribution in [3.05, 3.63) is 35.3 Å². The fourth-order valence-corrected chi connectivity index (χ4v) is 2.69. The molecule has 0 aliphatic rings. The lowest BCUT2D eigenvalue weighted by Gasteiger charge is -2.11. The zero-order valence-electron chi connectivity index (χ0n) is 9.94. The summed E-state index contributed by atoms with van der Waals surface area (Å²) in [6.45, 7) is 2.31. The number of aliphatic hydroxyl groups is 1. The van der Waals surface area contributed by atoms with Crippen LogP contribution in [0.2, 0.25) is 0 Å². The molecule has 0 amide bonds. The molecule has 0 aliphatic carbocycles. The third-order valence-corrected chi connectivity index (χ3v) is 4.21. The largest absolute Gasteiger partial charge is 0.491 e. The Bertz CT molecular complexity index is 459. The number of benzene rings is 1. The summed E-state index contributed by atoms with van der Waals surface area (Å²) in [7, 11) is 0. The molecule has 0 saturated heterocycles.